The number of anilines is 1. The highest BCUT2D eigenvalue weighted by molar-refractivity contribution is 6.40. The highest BCUT2D eigenvalue weighted by atomic mass is 35.5. The highest BCUT2D eigenvalue weighted by Crippen LogP contribution is 2.37. The molecule has 0 radical (unpaired) electrons. The van der Waals surface area contributed by atoms with Gasteiger partial charge < -0.3 is 15.5 Å². The van der Waals surface area contributed by atoms with Crippen molar-refractivity contribution in [3.8, 4) is 0 Å². The predicted molar refractivity (Wildman–Crippen MR) is 113 cm³/mol. The number of benzene rings is 2. The van der Waals surface area contributed by atoms with Crippen LogP contribution in [0.5, 0.6) is 0 Å². The molecule has 0 heterocycles. The van der Waals surface area contributed by atoms with Crippen LogP contribution in [0.15, 0.2) is 42.5 Å². The number of rotatable bonds is 4. The molecule has 2 aromatic rings. The first-order chi connectivity index (χ1) is 13.7. The van der Waals surface area contributed by atoms with Gasteiger partial charge in [-0.1, -0.05) is 35.3 Å². The molecule has 6 nitrogen and oxygen atoms in total. The summed E-state index contributed by atoms with van der Waals surface area (Å²) in [5.41, 5.74) is 1.62. The Morgan fingerprint density at radius 2 is 1.55 bits per heavy atom. The summed E-state index contributed by atoms with van der Waals surface area (Å²) < 4.78 is 0. The van der Waals surface area contributed by atoms with Crippen molar-refractivity contribution >= 4 is 46.6 Å². The van der Waals surface area contributed by atoms with Gasteiger partial charge in [0.2, 0.25) is 0 Å². The van der Waals surface area contributed by atoms with Gasteiger partial charge in [-0.15, -0.1) is 0 Å². The minimum Gasteiger partial charge on any atom is -0.345 e. The fourth-order valence-corrected chi connectivity index (χ4v) is 3.52. The third-order valence-corrected chi connectivity index (χ3v) is 5.37. The number of halogens is 2. The third-order valence-electron chi connectivity index (χ3n) is 4.89. The molecule has 152 valence electrons. The molecule has 1 aliphatic rings. The number of hydrogen-bond donors (Lipinski definition) is 2. The second kappa shape index (κ2) is 8.84. The highest BCUT2D eigenvalue weighted by Gasteiger charge is 2.32. The average molecular weight is 434 g/mol. The van der Waals surface area contributed by atoms with Crippen molar-refractivity contribution in [2.75, 3.05) is 19.4 Å². The van der Waals surface area contributed by atoms with Crippen molar-refractivity contribution in [2.24, 2.45) is 0 Å². The number of nitrogens with zero attached hydrogens (tertiary/aromatic N) is 1. The first kappa shape index (κ1) is 21.1. The summed E-state index contributed by atoms with van der Waals surface area (Å²) in [6.07, 6.45) is 1.50. The summed E-state index contributed by atoms with van der Waals surface area (Å²) >= 11 is 11.9. The Bertz CT molecular complexity index is 939. The Hall–Kier alpha value is -2.57. The Morgan fingerprint density at radius 3 is 2.17 bits per heavy atom. The Balaban J connectivity index is 1.58. The average Bonchev–Trinajstić information content (AvgIpc) is 2.64. The van der Waals surface area contributed by atoms with Gasteiger partial charge in [-0.25, -0.2) is 0 Å². The second-order valence-electron chi connectivity index (χ2n) is 7.23. The minimum atomic E-state index is -0.838. The third kappa shape index (κ3) is 5.08. The molecule has 0 atom stereocenters. The molecule has 0 aliphatic heterocycles. The monoisotopic (exact) mass is 433 g/mol. The summed E-state index contributed by atoms with van der Waals surface area (Å²) in [6, 6.07) is 12.1. The van der Waals surface area contributed by atoms with E-state index in [0.717, 1.165) is 18.4 Å². The SMILES string of the molecule is CN(C)C(=O)c1ccc(Cl)cc1NC(=O)C(=O)NC1CC(c2ccc(Cl)cc2)C1. The smallest absolute Gasteiger partial charge is 0.313 e. The van der Waals surface area contributed by atoms with Crippen LogP contribution in [0.25, 0.3) is 0 Å². The molecule has 0 bridgehead atoms. The van der Waals surface area contributed by atoms with Crippen molar-refractivity contribution < 1.29 is 14.4 Å². The fraction of sp³-hybridized carbons (Fsp3) is 0.286. The zero-order chi connectivity index (χ0) is 21.1. The largest absolute Gasteiger partial charge is 0.345 e. The molecule has 3 amide bonds. The van der Waals surface area contributed by atoms with Crippen LogP contribution < -0.4 is 10.6 Å². The van der Waals surface area contributed by atoms with Gasteiger partial charge in [0.1, 0.15) is 0 Å². The summed E-state index contributed by atoms with van der Waals surface area (Å²) in [7, 11) is 3.20. The summed E-state index contributed by atoms with van der Waals surface area (Å²) in [5.74, 6) is -1.55. The van der Waals surface area contributed by atoms with E-state index in [1.807, 2.05) is 24.3 Å². The van der Waals surface area contributed by atoms with Crippen molar-refractivity contribution in [3.05, 3.63) is 63.6 Å². The maximum Gasteiger partial charge on any atom is 0.313 e. The van der Waals surface area contributed by atoms with Crippen LogP contribution in [-0.4, -0.2) is 42.8 Å². The maximum atomic E-state index is 12.3. The van der Waals surface area contributed by atoms with Crippen molar-refractivity contribution in [2.45, 2.75) is 24.8 Å². The lowest BCUT2D eigenvalue weighted by Crippen LogP contribution is -2.47. The quantitative estimate of drug-likeness (QED) is 0.721. The predicted octanol–water partition coefficient (Wildman–Crippen LogP) is 3.70. The van der Waals surface area contributed by atoms with E-state index in [4.69, 9.17) is 23.2 Å². The van der Waals surface area contributed by atoms with Gasteiger partial charge in [-0.05, 0) is 54.7 Å². The molecule has 1 saturated carbocycles. The zero-order valence-corrected chi connectivity index (χ0v) is 17.6. The summed E-state index contributed by atoms with van der Waals surface area (Å²) in [5, 5.41) is 6.25. The second-order valence-corrected chi connectivity index (χ2v) is 8.11. The van der Waals surface area contributed by atoms with Crippen molar-refractivity contribution in [3.63, 3.8) is 0 Å². The lowest BCUT2D eigenvalue weighted by molar-refractivity contribution is -0.137. The van der Waals surface area contributed by atoms with Crippen molar-refractivity contribution in [1.82, 2.24) is 10.2 Å². The standard InChI is InChI=1S/C21H21Cl2N3O3/c1-26(2)21(29)17-8-7-15(23)11-18(17)25-20(28)19(27)24-16-9-13(10-16)12-3-5-14(22)6-4-12/h3-8,11,13,16H,9-10H2,1-2H3,(H,24,27)(H,25,28). The molecular formula is C21H21Cl2N3O3. The molecule has 3 rings (SSSR count). The van der Waals surface area contributed by atoms with Crippen LogP contribution in [0, 0.1) is 0 Å². The topological polar surface area (TPSA) is 78.5 Å². The molecule has 29 heavy (non-hydrogen) atoms. The molecule has 8 heteroatoms. The van der Waals surface area contributed by atoms with Gasteiger partial charge in [0.05, 0.1) is 11.3 Å². The Labute approximate surface area is 179 Å². The van der Waals surface area contributed by atoms with Gasteiger partial charge in [-0.3, -0.25) is 14.4 Å². The van der Waals surface area contributed by atoms with E-state index in [1.54, 1.807) is 20.2 Å². The van der Waals surface area contributed by atoms with Crippen LogP contribution in [0.3, 0.4) is 0 Å². The summed E-state index contributed by atoms with van der Waals surface area (Å²) in [6.45, 7) is 0. The molecule has 1 aliphatic carbocycles. The number of amides is 3. The Morgan fingerprint density at radius 1 is 0.931 bits per heavy atom. The van der Waals surface area contributed by atoms with Gasteiger partial charge in [0.15, 0.2) is 0 Å². The van der Waals surface area contributed by atoms with E-state index >= 15 is 0 Å². The van der Waals surface area contributed by atoms with Crippen LogP contribution >= 0.6 is 23.2 Å². The first-order valence-corrected chi connectivity index (χ1v) is 9.88. The molecule has 0 unspecified atom stereocenters. The molecular weight excluding hydrogens is 413 g/mol. The van der Waals surface area contributed by atoms with E-state index < -0.39 is 11.8 Å². The van der Waals surface area contributed by atoms with Crippen LogP contribution in [0.2, 0.25) is 10.0 Å². The van der Waals surface area contributed by atoms with Gasteiger partial charge in [0, 0.05) is 30.2 Å². The normalized spacial score (nSPS) is 17.8. The lowest BCUT2D eigenvalue weighted by Gasteiger charge is -2.36. The number of hydrogen-bond acceptors (Lipinski definition) is 3. The maximum absolute atomic E-state index is 12.3. The molecule has 1 fully saturated rings. The van der Waals surface area contributed by atoms with E-state index in [1.165, 1.54) is 17.0 Å². The minimum absolute atomic E-state index is 0.0730. The molecule has 0 saturated heterocycles. The zero-order valence-electron chi connectivity index (χ0n) is 16.0. The van der Waals surface area contributed by atoms with E-state index in [2.05, 4.69) is 10.6 Å². The van der Waals surface area contributed by atoms with Gasteiger partial charge >= 0.3 is 11.8 Å². The fourth-order valence-electron chi connectivity index (χ4n) is 3.22. The molecule has 2 N–H and O–H groups in total. The van der Waals surface area contributed by atoms with Gasteiger partial charge in [0.25, 0.3) is 5.91 Å². The van der Waals surface area contributed by atoms with Crippen molar-refractivity contribution in [1.29, 1.82) is 0 Å². The first-order valence-electron chi connectivity index (χ1n) is 9.13. The van der Waals surface area contributed by atoms with E-state index in [-0.39, 0.29) is 23.2 Å². The van der Waals surface area contributed by atoms with E-state index in [0.29, 0.717) is 16.0 Å². The van der Waals surface area contributed by atoms with Crippen LogP contribution in [0.4, 0.5) is 5.69 Å². The molecule has 0 aromatic heterocycles. The van der Waals surface area contributed by atoms with Crippen LogP contribution in [0.1, 0.15) is 34.7 Å². The Kier molecular flexibility index (Phi) is 6.45. The van der Waals surface area contributed by atoms with Gasteiger partial charge in [-0.2, -0.15) is 0 Å². The van der Waals surface area contributed by atoms with E-state index in [9.17, 15) is 14.4 Å². The number of nitrogens with one attached hydrogen (secondary N) is 2. The molecule has 0 spiro atoms. The number of carbonyl (C=O) groups excluding carboxylic acids is 3. The van der Waals surface area contributed by atoms with Crippen LogP contribution in [-0.2, 0) is 9.59 Å². The lowest BCUT2D eigenvalue weighted by atomic mass is 9.76. The number of carbonyl (C=O) groups is 3. The summed E-state index contributed by atoms with van der Waals surface area (Å²) in [4.78, 5) is 38.3. The molecule has 2 aromatic carbocycles.